The number of rotatable bonds is 9. The Morgan fingerprint density at radius 2 is 2.07 bits per heavy atom. The number of nitrogens with zero attached hydrogens (tertiary/aromatic N) is 5. The second-order valence-electron chi connectivity index (χ2n) is 5.99. The molecule has 0 saturated heterocycles. The summed E-state index contributed by atoms with van der Waals surface area (Å²) in [6.07, 6.45) is 4.87. The Labute approximate surface area is 178 Å². The highest BCUT2D eigenvalue weighted by Gasteiger charge is 2.16. The van der Waals surface area contributed by atoms with E-state index < -0.39 is 0 Å². The quantitative estimate of drug-likeness (QED) is 0.319. The first-order valence-corrected chi connectivity index (χ1v) is 10.1. The van der Waals surface area contributed by atoms with Crippen molar-refractivity contribution in [2.24, 2.45) is 5.10 Å². The highest BCUT2D eigenvalue weighted by Crippen LogP contribution is 2.32. The van der Waals surface area contributed by atoms with E-state index in [1.54, 1.807) is 38.9 Å². The normalized spacial score (nSPS) is 10.9. The van der Waals surface area contributed by atoms with Crippen molar-refractivity contribution in [1.29, 1.82) is 0 Å². The molecule has 0 unspecified atom stereocenters. The van der Waals surface area contributed by atoms with E-state index in [-0.39, 0.29) is 11.7 Å². The van der Waals surface area contributed by atoms with Crippen LogP contribution in [0.1, 0.15) is 12.5 Å². The van der Waals surface area contributed by atoms with Crippen molar-refractivity contribution in [1.82, 2.24) is 25.2 Å². The lowest BCUT2D eigenvalue weighted by Gasteiger charge is -2.10. The lowest BCUT2D eigenvalue weighted by molar-refractivity contribution is -0.118. The summed E-state index contributed by atoms with van der Waals surface area (Å²) in [6.45, 7) is 2.65. The Kier molecular flexibility index (Phi) is 7.39. The second kappa shape index (κ2) is 10.4. The van der Waals surface area contributed by atoms with Gasteiger partial charge in [-0.25, -0.2) is 5.43 Å². The zero-order valence-corrected chi connectivity index (χ0v) is 17.7. The van der Waals surface area contributed by atoms with Crippen molar-refractivity contribution >= 4 is 23.9 Å². The van der Waals surface area contributed by atoms with E-state index in [0.29, 0.717) is 29.0 Å². The smallest absolute Gasteiger partial charge is 0.250 e. The van der Waals surface area contributed by atoms with E-state index >= 15 is 0 Å². The van der Waals surface area contributed by atoms with Crippen LogP contribution in [0.15, 0.2) is 53.0 Å². The highest BCUT2D eigenvalue weighted by atomic mass is 32.2. The number of benzene rings is 1. The molecule has 0 fully saturated rings. The minimum Gasteiger partial charge on any atom is -0.493 e. The van der Waals surface area contributed by atoms with Gasteiger partial charge in [0, 0.05) is 30.1 Å². The molecule has 0 aliphatic carbocycles. The average Bonchev–Trinajstić information content (AvgIpc) is 3.20. The number of carbonyl (C=O) groups excluding carboxylic acids is 1. The van der Waals surface area contributed by atoms with Gasteiger partial charge >= 0.3 is 0 Å². The number of ether oxygens (including phenoxy) is 2. The molecule has 0 aliphatic rings. The number of pyridine rings is 1. The molecule has 156 valence electrons. The molecule has 0 saturated carbocycles. The van der Waals surface area contributed by atoms with Crippen molar-refractivity contribution < 1.29 is 14.3 Å². The Morgan fingerprint density at radius 1 is 1.23 bits per heavy atom. The molecule has 0 bridgehead atoms. The fourth-order valence-electron chi connectivity index (χ4n) is 2.66. The number of amides is 1. The monoisotopic (exact) mass is 426 g/mol. The van der Waals surface area contributed by atoms with E-state index in [1.165, 1.54) is 11.8 Å². The molecule has 1 aromatic carbocycles. The number of hydrogen-bond donors (Lipinski definition) is 1. The van der Waals surface area contributed by atoms with Gasteiger partial charge in [-0.05, 0) is 31.2 Å². The van der Waals surface area contributed by atoms with Crippen LogP contribution in [0, 0.1) is 0 Å². The predicted molar refractivity (Wildman–Crippen MR) is 115 cm³/mol. The third-order valence-electron chi connectivity index (χ3n) is 4.09. The zero-order valence-electron chi connectivity index (χ0n) is 16.9. The largest absolute Gasteiger partial charge is 0.493 e. The van der Waals surface area contributed by atoms with Crippen molar-refractivity contribution in [3.8, 4) is 22.9 Å². The number of hydrazone groups is 1. The molecule has 0 spiro atoms. The molecule has 3 aromatic rings. The number of aromatic nitrogens is 4. The summed E-state index contributed by atoms with van der Waals surface area (Å²) in [4.78, 5) is 16.1. The maximum Gasteiger partial charge on any atom is 0.250 e. The molecule has 30 heavy (non-hydrogen) atoms. The first kappa shape index (κ1) is 21.3. The maximum absolute atomic E-state index is 12.1. The van der Waals surface area contributed by atoms with Gasteiger partial charge in [-0.15, -0.1) is 10.2 Å². The van der Waals surface area contributed by atoms with Crippen LogP contribution in [-0.4, -0.2) is 51.8 Å². The molecule has 0 atom stereocenters. The number of thioether (sulfide) groups is 1. The van der Waals surface area contributed by atoms with Crippen molar-refractivity contribution in [2.45, 2.75) is 18.6 Å². The molecule has 3 rings (SSSR count). The fourth-order valence-corrected chi connectivity index (χ4v) is 3.46. The minimum absolute atomic E-state index is 0.161. The molecule has 9 nitrogen and oxygen atoms in total. The summed E-state index contributed by atoms with van der Waals surface area (Å²) in [5, 5.41) is 13.1. The van der Waals surface area contributed by atoms with Gasteiger partial charge in [0.2, 0.25) is 0 Å². The minimum atomic E-state index is -0.238. The third-order valence-corrected chi connectivity index (χ3v) is 5.06. The Balaban J connectivity index is 1.66. The van der Waals surface area contributed by atoms with Crippen LogP contribution in [0.3, 0.4) is 0 Å². The van der Waals surface area contributed by atoms with Gasteiger partial charge in [-0.1, -0.05) is 17.8 Å². The summed E-state index contributed by atoms with van der Waals surface area (Å²) in [6, 6.07) is 9.21. The van der Waals surface area contributed by atoms with E-state index in [0.717, 1.165) is 11.1 Å². The van der Waals surface area contributed by atoms with Crippen molar-refractivity contribution in [3.63, 3.8) is 0 Å². The molecular weight excluding hydrogens is 404 g/mol. The van der Waals surface area contributed by atoms with Gasteiger partial charge in [0.15, 0.2) is 22.5 Å². The van der Waals surface area contributed by atoms with Crippen LogP contribution in [0.25, 0.3) is 11.4 Å². The van der Waals surface area contributed by atoms with E-state index in [4.69, 9.17) is 9.47 Å². The highest BCUT2D eigenvalue weighted by molar-refractivity contribution is 7.99. The van der Waals surface area contributed by atoms with E-state index in [1.807, 2.05) is 35.8 Å². The van der Waals surface area contributed by atoms with Gasteiger partial charge in [0.25, 0.3) is 5.91 Å². The third kappa shape index (κ3) is 5.15. The summed E-state index contributed by atoms with van der Waals surface area (Å²) in [7, 11) is 3.18. The Morgan fingerprint density at radius 3 is 2.77 bits per heavy atom. The summed E-state index contributed by atoms with van der Waals surface area (Å²) in [5.74, 6) is 1.87. The first-order chi connectivity index (χ1) is 14.7. The molecule has 2 heterocycles. The fraction of sp³-hybridized carbons (Fsp3) is 0.250. The predicted octanol–water partition coefficient (Wildman–Crippen LogP) is 2.62. The Bertz CT molecular complexity index is 1020. The second-order valence-corrected chi connectivity index (χ2v) is 6.93. The van der Waals surface area contributed by atoms with Gasteiger partial charge in [-0.3, -0.25) is 9.78 Å². The molecule has 0 radical (unpaired) electrons. The summed E-state index contributed by atoms with van der Waals surface area (Å²) in [5.41, 5.74) is 4.15. The van der Waals surface area contributed by atoms with Crippen LogP contribution in [-0.2, 0) is 11.3 Å². The van der Waals surface area contributed by atoms with Crippen LogP contribution in [0.4, 0.5) is 0 Å². The SMILES string of the molecule is CCn1c(SCC(=O)N/N=C\c2cccnc2)nnc1-c1ccc(OC)c(OC)c1. The first-order valence-electron chi connectivity index (χ1n) is 9.16. The van der Waals surface area contributed by atoms with Crippen LogP contribution < -0.4 is 14.9 Å². The molecule has 10 heteroatoms. The van der Waals surface area contributed by atoms with E-state index in [9.17, 15) is 4.79 Å². The van der Waals surface area contributed by atoms with Crippen LogP contribution in [0.2, 0.25) is 0 Å². The zero-order chi connectivity index (χ0) is 21.3. The number of hydrogen-bond acceptors (Lipinski definition) is 8. The Hall–Kier alpha value is -3.40. The molecule has 2 aromatic heterocycles. The topological polar surface area (TPSA) is 104 Å². The molecular formula is C20H22N6O3S. The van der Waals surface area contributed by atoms with Gasteiger partial charge in [0.1, 0.15) is 0 Å². The van der Waals surface area contributed by atoms with Gasteiger partial charge in [0.05, 0.1) is 26.2 Å². The average molecular weight is 427 g/mol. The van der Waals surface area contributed by atoms with Crippen molar-refractivity contribution in [2.75, 3.05) is 20.0 Å². The maximum atomic E-state index is 12.1. The molecule has 1 amide bonds. The number of carbonyl (C=O) groups is 1. The van der Waals surface area contributed by atoms with Gasteiger partial charge < -0.3 is 14.0 Å². The van der Waals surface area contributed by atoms with Gasteiger partial charge in [-0.2, -0.15) is 5.10 Å². The van der Waals surface area contributed by atoms with Crippen LogP contribution in [0.5, 0.6) is 11.5 Å². The summed E-state index contributed by atoms with van der Waals surface area (Å²) < 4.78 is 12.6. The molecule has 1 N–H and O–H groups in total. The molecule has 0 aliphatic heterocycles. The number of methoxy groups -OCH3 is 2. The lowest BCUT2D eigenvalue weighted by atomic mass is 10.2. The van der Waals surface area contributed by atoms with Crippen molar-refractivity contribution in [3.05, 3.63) is 48.3 Å². The summed E-state index contributed by atoms with van der Waals surface area (Å²) >= 11 is 1.29. The standard InChI is InChI=1S/C20H22N6O3S/c1-4-26-19(15-7-8-16(28-2)17(10-15)29-3)24-25-20(26)30-13-18(27)23-22-12-14-6-5-9-21-11-14/h5-12H,4,13H2,1-3H3,(H,23,27)/b22-12-. The lowest BCUT2D eigenvalue weighted by Crippen LogP contribution is -2.20. The van der Waals surface area contributed by atoms with Crippen LogP contribution >= 0.6 is 11.8 Å². The van der Waals surface area contributed by atoms with E-state index in [2.05, 4.69) is 25.7 Å². The number of nitrogens with one attached hydrogen (secondary N) is 1.